The van der Waals surface area contributed by atoms with Crippen LogP contribution in [0.25, 0.3) is 10.9 Å². The predicted molar refractivity (Wildman–Crippen MR) is 79.2 cm³/mol. The number of amides is 1. The normalized spacial score (nSPS) is 12.4. The third-order valence-electron chi connectivity index (χ3n) is 3.22. The summed E-state index contributed by atoms with van der Waals surface area (Å²) in [5, 5.41) is 7.66. The number of carbonyl (C=O) groups is 1. The van der Waals surface area contributed by atoms with Gasteiger partial charge in [0.2, 0.25) is 5.43 Å². The van der Waals surface area contributed by atoms with Gasteiger partial charge < -0.3 is 5.32 Å². The topological polar surface area (TPSA) is 64.0 Å². The van der Waals surface area contributed by atoms with Crippen molar-refractivity contribution in [1.82, 2.24) is 15.1 Å². The Morgan fingerprint density at radius 1 is 1.50 bits per heavy atom. The first-order valence-corrected chi connectivity index (χ1v) is 6.79. The van der Waals surface area contributed by atoms with Crippen LogP contribution >= 0.6 is 11.6 Å². The minimum atomic E-state index is -0.457. The van der Waals surface area contributed by atoms with Crippen molar-refractivity contribution in [1.29, 1.82) is 0 Å². The zero-order chi connectivity index (χ0) is 14.9. The first-order valence-electron chi connectivity index (χ1n) is 6.41. The predicted octanol–water partition coefficient (Wildman–Crippen LogP) is 2.12. The summed E-state index contributed by atoms with van der Waals surface area (Å²) < 4.78 is 1.51. The van der Waals surface area contributed by atoms with Crippen molar-refractivity contribution in [3.05, 3.63) is 39.1 Å². The maximum Gasteiger partial charge on any atom is 0.276 e. The van der Waals surface area contributed by atoms with Crippen molar-refractivity contribution < 1.29 is 4.79 Å². The number of benzene rings is 1. The van der Waals surface area contributed by atoms with Crippen LogP contribution in [0.5, 0.6) is 0 Å². The van der Waals surface area contributed by atoms with Gasteiger partial charge in [-0.05, 0) is 31.5 Å². The van der Waals surface area contributed by atoms with Crippen LogP contribution in [0.4, 0.5) is 0 Å². The highest BCUT2D eigenvalue weighted by Crippen LogP contribution is 2.15. The quantitative estimate of drug-likeness (QED) is 0.943. The molecule has 0 aliphatic rings. The number of hydrogen-bond donors (Lipinski definition) is 1. The van der Waals surface area contributed by atoms with E-state index in [1.165, 1.54) is 4.68 Å². The maximum atomic E-state index is 12.3. The van der Waals surface area contributed by atoms with Crippen molar-refractivity contribution in [2.75, 3.05) is 0 Å². The van der Waals surface area contributed by atoms with E-state index in [2.05, 4.69) is 10.4 Å². The Bertz CT molecular complexity index is 724. The van der Waals surface area contributed by atoms with Crippen LogP contribution < -0.4 is 10.7 Å². The molecular weight excluding hydrogens is 278 g/mol. The molecule has 2 rings (SSSR count). The van der Waals surface area contributed by atoms with Crippen LogP contribution in [0, 0.1) is 0 Å². The van der Waals surface area contributed by atoms with Crippen LogP contribution in [0.1, 0.15) is 30.8 Å². The molecule has 0 aliphatic carbocycles. The monoisotopic (exact) mass is 293 g/mol. The van der Waals surface area contributed by atoms with Gasteiger partial charge in [-0.3, -0.25) is 14.3 Å². The molecule has 0 bridgehead atoms. The lowest BCUT2D eigenvalue weighted by Crippen LogP contribution is -2.36. The van der Waals surface area contributed by atoms with Gasteiger partial charge in [-0.1, -0.05) is 18.5 Å². The first-order chi connectivity index (χ1) is 9.43. The number of carbonyl (C=O) groups excluding carboxylic acids is 1. The molecule has 0 saturated carbocycles. The van der Waals surface area contributed by atoms with E-state index in [4.69, 9.17) is 11.6 Å². The van der Waals surface area contributed by atoms with E-state index >= 15 is 0 Å². The molecule has 1 amide bonds. The molecule has 1 N–H and O–H groups in total. The van der Waals surface area contributed by atoms with E-state index in [0.29, 0.717) is 15.9 Å². The highest BCUT2D eigenvalue weighted by molar-refractivity contribution is 6.31. The van der Waals surface area contributed by atoms with E-state index in [0.717, 1.165) is 6.42 Å². The molecule has 1 unspecified atom stereocenters. The molecule has 5 nitrogen and oxygen atoms in total. The van der Waals surface area contributed by atoms with Gasteiger partial charge in [-0.15, -0.1) is 0 Å². The molecule has 0 aliphatic heterocycles. The number of fused-ring (bicyclic) bond motifs is 1. The second-order valence-corrected chi connectivity index (χ2v) is 5.18. The molecule has 0 spiro atoms. The standard InChI is InChI=1S/C14H16ClN3O2/c1-4-8(2)16-14(20)12-13(19)10-7-9(15)5-6-11(10)18(3)17-12/h5-8H,4H2,1-3H3,(H,16,20). The molecule has 0 saturated heterocycles. The number of nitrogens with one attached hydrogen (secondary N) is 1. The average Bonchev–Trinajstić information content (AvgIpc) is 2.42. The molecule has 1 aromatic carbocycles. The summed E-state index contributed by atoms with van der Waals surface area (Å²) in [6.07, 6.45) is 0.783. The van der Waals surface area contributed by atoms with Gasteiger partial charge in [-0.2, -0.15) is 5.10 Å². The van der Waals surface area contributed by atoms with Gasteiger partial charge >= 0.3 is 0 Å². The molecule has 1 atom stereocenters. The van der Waals surface area contributed by atoms with Crippen LogP contribution in [-0.4, -0.2) is 21.7 Å². The van der Waals surface area contributed by atoms with E-state index in [9.17, 15) is 9.59 Å². The number of nitrogens with zero attached hydrogens (tertiary/aromatic N) is 2. The van der Waals surface area contributed by atoms with Gasteiger partial charge in [0.1, 0.15) is 0 Å². The molecular formula is C14H16ClN3O2. The van der Waals surface area contributed by atoms with Gasteiger partial charge in [0.05, 0.1) is 10.9 Å². The molecule has 20 heavy (non-hydrogen) atoms. The molecule has 1 heterocycles. The Kier molecular flexibility index (Phi) is 4.09. The average molecular weight is 294 g/mol. The summed E-state index contributed by atoms with van der Waals surface area (Å²) >= 11 is 5.91. The van der Waals surface area contributed by atoms with E-state index in [-0.39, 0.29) is 11.7 Å². The number of aromatic nitrogens is 2. The molecule has 0 fully saturated rings. The van der Waals surface area contributed by atoms with Crippen molar-refractivity contribution in [2.24, 2.45) is 7.05 Å². The molecule has 2 aromatic rings. The third kappa shape index (κ3) is 2.67. The lowest BCUT2D eigenvalue weighted by atomic mass is 10.2. The van der Waals surface area contributed by atoms with E-state index in [1.54, 1.807) is 25.2 Å². The highest BCUT2D eigenvalue weighted by atomic mass is 35.5. The van der Waals surface area contributed by atoms with Gasteiger partial charge in [0.15, 0.2) is 5.69 Å². The van der Waals surface area contributed by atoms with Gasteiger partial charge in [0, 0.05) is 18.1 Å². The smallest absolute Gasteiger partial charge is 0.276 e. The Morgan fingerprint density at radius 2 is 2.20 bits per heavy atom. The molecule has 0 radical (unpaired) electrons. The van der Waals surface area contributed by atoms with Crippen molar-refractivity contribution in [2.45, 2.75) is 26.3 Å². The summed E-state index contributed by atoms with van der Waals surface area (Å²) in [5.74, 6) is -0.457. The van der Waals surface area contributed by atoms with Gasteiger partial charge in [-0.25, -0.2) is 0 Å². The van der Waals surface area contributed by atoms with Crippen molar-refractivity contribution in [3.63, 3.8) is 0 Å². The number of hydrogen-bond acceptors (Lipinski definition) is 3. The largest absolute Gasteiger partial charge is 0.348 e. The van der Waals surface area contributed by atoms with Gasteiger partial charge in [0.25, 0.3) is 5.91 Å². The number of halogens is 1. The lowest BCUT2D eigenvalue weighted by Gasteiger charge is -2.12. The van der Waals surface area contributed by atoms with Crippen LogP contribution in [0.3, 0.4) is 0 Å². The SMILES string of the molecule is CCC(C)NC(=O)c1nn(C)c2ccc(Cl)cc2c1=O. The Morgan fingerprint density at radius 3 is 2.85 bits per heavy atom. The second-order valence-electron chi connectivity index (χ2n) is 4.75. The molecule has 1 aromatic heterocycles. The fourth-order valence-corrected chi connectivity index (χ4v) is 2.06. The minimum Gasteiger partial charge on any atom is -0.348 e. The molecule has 6 heteroatoms. The Hall–Kier alpha value is -1.88. The summed E-state index contributed by atoms with van der Waals surface area (Å²) in [4.78, 5) is 24.4. The van der Waals surface area contributed by atoms with Crippen molar-refractivity contribution >= 4 is 28.4 Å². The zero-order valence-electron chi connectivity index (χ0n) is 11.6. The van der Waals surface area contributed by atoms with Crippen molar-refractivity contribution in [3.8, 4) is 0 Å². The van der Waals surface area contributed by atoms with Crippen LogP contribution in [-0.2, 0) is 7.05 Å². The minimum absolute atomic E-state index is 0.0101. The number of aryl methyl sites for hydroxylation is 1. The summed E-state index contributed by atoms with van der Waals surface area (Å²) in [5.41, 5.74) is 0.128. The Balaban J connectivity index is 2.58. The summed E-state index contributed by atoms with van der Waals surface area (Å²) in [7, 11) is 1.69. The summed E-state index contributed by atoms with van der Waals surface area (Å²) in [6, 6.07) is 4.94. The lowest BCUT2D eigenvalue weighted by molar-refractivity contribution is 0.0931. The maximum absolute atomic E-state index is 12.3. The third-order valence-corrected chi connectivity index (χ3v) is 3.46. The van der Waals surface area contributed by atoms with Crippen LogP contribution in [0.2, 0.25) is 5.02 Å². The first kappa shape index (κ1) is 14.5. The zero-order valence-corrected chi connectivity index (χ0v) is 12.4. The Labute approximate surface area is 121 Å². The second kappa shape index (κ2) is 5.63. The summed E-state index contributed by atoms with van der Waals surface area (Å²) in [6.45, 7) is 3.83. The van der Waals surface area contributed by atoms with E-state index < -0.39 is 11.3 Å². The number of rotatable bonds is 3. The van der Waals surface area contributed by atoms with Crippen LogP contribution in [0.15, 0.2) is 23.0 Å². The highest BCUT2D eigenvalue weighted by Gasteiger charge is 2.17. The fourth-order valence-electron chi connectivity index (χ4n) is 1.89. The molecule has 106 valence electrons. The van der Waals surface area contributed by atoms with E-state index in [1.807, 2.05) is 13.8 Å². The fraction of sp³-hybridized carbons (Fsp3) is 0.357.